The lowest BCUT2D eigenvalue weighted by molar-refractivity contribution is -0.148. The third-order valence-electron chi connectivity index (χ3n) is 6.38. The van der Waals surface area contributed by atoms with E-state index in [1.807, 2.05) is 0 Å². The maximum atomic E-state index is 12.2. The molecule has 1 rings (SSSR count). The van der Waals surface area contributed by atoms with Crippen LogP contribution in [0.1, 0.15) is 129 Å². The lowest BCUT2D eigenvalue weighted by Gasteiger charge is -2.21. The Hall–Kier alpha value is -1.10. The summed E-state index contributed by atoms with van der Waals surface area (Å²) in [5.41, 5.74) is 0. The maximum absolute atomic E-state index is 12.2. The van der Waals surface area contributed by atoms with E-state index in [1.54, 1.807) is 0 Å². The summed E-state index contributed by atoms with van der Waals surface area (Å²) in [7, 11) is 0. The van der Waals surface area contributed by atoms with Crippen LogP contribution in [0, 0.1) is 0 Å². The van der Waals surface area contributed by atoms with Crippen molar-refractivity contribution >= 4 is 11.9 Å². The number of hydrogen-bond donors (Lipinski definition) is 2. The molecule has 0 aromatic heterocycles. The Bertz CT molecular complexity index is 454. The molecule has 30 heavy (non-hydrogen) atoms. The third kappa shape index (κ3) is 12.6. The van der Waals surface area contributed by atoms with Crippen molar-refractivity contribution in [2.75, 3.05) is 6.54 Å². The molecule has 0 aliphatic carbocycles. The molecule has 0 spiro atoms. The number of aliphatic hydroxyl groups is 1. The standard InChI is InChI=1S/C25H47NO4/c1-2-3-4-5-6-7-8-9-10-11-12-13-14-15-16-17-18-19-24(28)26-21-22(27)20-23(26)25(29)30/h22-23,27H,2-21H2,1H3,(H,29,30)/t22-,23+/m1/s1. The Balaban J connectivity index is 1.84. The zero-order valence-corrected chi connectivity index (χ0v) is 19.5. The van der Waals surface area contributed by atoms with E-state index in [1.165, 1.54) is 94.8 Å². The number of carboxylic acids is 1. The molecule has 0 bridgehead atoms. The molecule has 1 saturated heterocycles. The summed E-state index contributed by atoms with van der Waals surface area (Å²) in [4.78, 5) is 24.8. The zero-order valence-electron chi connectivity index (χ0n) is 19.5. The average Bonchev–Trinajstić information content (AvgIpc) is 3.12. The van der Waals surface area contributed by atoms with Crippen LogP contribution in [0.3, 0.4) is 0 Å². The molecule has 0 unspecified atom stereocenters. The topological polar surface area (TPSA) is 77.8 Å². The number of aliphatic hydroxyl groups excluding tert-OH is 1. The Labute approximate surface area is 184 Å². The molecule has 0 aromatic rings. The molecule has 1 aliphatic heterocycles. The molecule has 1 aliphatic rings. The fraction of sp³-hybridized carbons (Fsp3) is 0.920. The van der Waals surface area contributed by atoms with Crippen LogP contribution >= 0.6 is 0 Å². The van der Waals surface area contributed by atoms with Gasteiger partial charge in [-0.2, -0.15) is 0 Å². The number of carbonyl (C=O) groups is 2. The number of carbonyl (C=O) groups excluding carboxylic acids is 1. The summed E-state index contributed by atoms with van der Waals surface area (Å²) >= 11 is 0. The van der Waals surface area contributed by atoms with Crippen LogP contribution in [0.2, 0.25) is 0 Å². The first-order chi connectivity index (χ1) is 14.6. The molecular formula is C25H47NO4. The first-order valence-corrected chi connectivity index (χ1v) is 12.8. The number of likely N-dealkylation sites (tertiary alicyclic amines) is 1. The van der Waals surface area contributed by atoms with Crippen molar-refractivity contribution in [3.05, 3.63) is 0 Å². The number of aliphatic carboxylic acids is 1. The van der Waals surface area contributed by atoms with Crippen LogP contribution in [0.5, 0.6) is 0 Å². The number of nitrogens with zero attached hydrogens (tertiary/aromatic N) is 1. The summed E-state index contributed by atoms with van der Waals surface area (Å²) in [6.07, 6.45) is 22.0. The second kappa shape index (κ2) is 17.6. The van der Waals surface area contributed by atoms with Crippen molar-refractivity contribution in [2.45, 2.75) is 141 Å². The summed E-state index contributed by atoms with van der Waals surface area (Å²) in [5, 5.41) is 18.8. The van der Waals surface area contributed by atoms with Crippen molar-refractivity contribution < 1.29 is 19.8 Å². The van der Waals surface area contributed by atoms with E-state index >= 15 is 0 Å². The molecule has 1 amide bonds. The molecular weight excluding hydrogens is 378 g/mol. The maximum Gasteiger partial charge on any atom is 0.326 e. The summed E-state index contributed by atoms with van der Waals surface area (Å²) in [5.74, 6) is -1.14. The molecule has 0 saturated carbocycles. The van der Waals surface area contributed by atoms with E-state index in [4.69, 9.17) is 5.11 Å². The van der Waals surface area contributed by atoms with Gasteiger partial charge in [0.15, 0.2) is 0 Å². The molecule has 1 heterocycles. The predicted octanol–water partition coefficient (Wildman–Crippen LogP) is 6.07. The molecule has 0 radical (unpaired) electrons. The van der Waals surface area contributed by atoms with Gasteiger partial charge in [0.05, 0.1) is 6.10 Å². The Morgan fingerprint density at radius 1 is 0.733 bits per heavy atom. The van der Waals surface area contributed by atoms with E-state index in [-0.39, 0.29) is 18.9 Å². The minimum atomic E-state index is -1.01. The molecule has 5 heteroatoms. The van der Waals surface area contributed by atoms with Crippen molar-refractivity contribution in [1.82, 2.24) is 4.90 Å². The number of amides is 1. The van der Waals surface area contributed by atoms with Gasteiger partial charge in [-0.15, -0.1) is 0 Å². The van der Waals surface area contributed by atoms with Gasteiger partial charge in [0, 0.05) is 19.4 Å². The SMILES string of the molecule is CCCCCCCCCCCCCCCCCCCC(=O)N1C[C@H](O)C[C@H]1C(=O)O. The molecule has 176 valence electrons. The fourth-order valence-corrected chi connectivity index (χ4v) is 4.47. The van der Waals surface area contributed by atoms with Gasteiger partial charge in [0.1, 0.15) is 6.04 Å². The van der Waals surface area contributed by atoms with Crippen LogP contribution in [0.15, 0.2) is 0 Å². The van der Waals surface area contributed by atoms with Crippen molar-refractivity contribution in [1.29, 1.82) is 0 Å². The van der Waals surface area contributed by atoms with Crippen molar-refractivity contribution in [3.8, 4) is 0 Å². The van der Waals surface area contributed by atoms with Gasteiger partial charge in [-0.3, -0.25) is 4.79 Å². The van der Waals surface area contributed by atoms with Gasteiger partial charge in [-0.1, -0.05) is 110 Å². The Morgan fingerprint density at radius 2 is 1.13 bits per heavy atom. The highest BCUT2D eigenvalue weighted by Crippen LogP contribution is 2.20. The quantitative estimate of drug-likeness (QED) is 0.246. The molecule has 2 N–H and O–H groups in total. The number of hydrogen-bond acceptors (Lipinski definition) is 3. The summed E-state index contributed by atoms with van der Waals surface area (Å²) < 4.78 is 0. The van der Waals surface area contributed by atoms with Gasteiger partial charge in [0.2, 0.25) is 5.91 Å². The Kier molecular flexibility index (Phi) is 15.8. The number of β-amino-alcohol motifs (C(OH)–C–C–N with tert-alkyl or cyclic N) is 1. The first kappa shape index (κ1) is 26.9. The minimum Gasteiger partial charge on any atom is -0.480 e. The summed E-state index contributed by atoms with van der Waals surface area (Å²) in [6.45, 7) is 2.43. The molecule has 1 fully saturated rings. The smallest absolute Gasteiger partial charge is 0.326 e. The second-order valence-electron chi connectivity index (χ2n) is 9.20. The van der Waals surface area contributed by atoms with Crippen molar-refractivity contribution in [2.24, 2.45) is 0 Å². The highest BCUT2D eigenvalue weighted by Gasteiger charge is 2.38. The lowest BCUT2D eigenvalue weighted by atomic mass is 10.0. The zero-order chi connectivity index (χ0) is 22.0. The van der Waals surface area contributed by atoms with E-state index in [9.17, 15) is 14.7 Å². The average molecular weight is 426 g/mol. The van der Waals surface area contributed by atoms with E-state index in [0.717, 1.165) is 19.3 Å². The number of carboxylic acid groups (broad SMARTS) is 1. The van der Waals surface area contributed by atoms with Gasteiger partial charge in [0.25, 0.3) is 0 Å². The predicted molar refractivity (Wildman–Crippen MR) is 123 cm³/mol. The van der Waals surface area contributed by atoms with E-state index < -0.39 is 18.1 Å². The van der Waals surface area contributed by atoms with Crippen LogP contribution in [-0.4, -0.2) is 45.7 Å². The third-order valence-corrected chi connectivity index (χ3v) is 6.38. The van der Waals surface area contributed by atoms with Crippen LogP contribution < -0.4 is 0 Å². The monoisotopic (exact) mass is 425 g/mol. The number of unbranched alkanes of at least 4 members (excludes halogenated alkanes) is 16. The van der Waals surface area contributed by atoms with Gasteiger partial charge in [-0.05, 0) is 6.42 Å². The van der Waals surface area contributed by atoms with Crippen LogP contribution in [-0.2, 0) is 9.59 Å². The second-order valence-corrected chi connectivity index (χ2v) is 9.20. The minimum absolute atomic E-state index is 0.125. The van der Waals surface area contributed by atoms with Crippen LogP contribution in [0.25, 0.3) is 0 Å². The first-order valence-electron chi connectivity index (χ1n) is 12.8. The van der Waals surface area contributed by atoms with E-state index in [2.05, 4.69) is 6.92 Å². The van der Waals surface area contributed by atoms with Gasteiger partial charge < -0.3 is 15.1 Å². The fourth-order valence-electron chi connectivity index (χ4n) is 4.47. The molecule has 2 atom stereocenters. The normalized spacial score (nSPS) is 18.8. The molecule has 5 nitrogen and oxygen atoms in total. The van der Waals surface area contributed by atoms with Crippen LogP contribution in [0.4, 0.5) is 0 Å². The molecule has 0 aromatic carbocycles. The lowest BCUT2D eigenvalue weighted by Crippen LogP contribution is -2.40. The van der Waals surface area contributed by atoms with E-state index in [0.29, 0.717) is 6.42 Å². The Morgan fingerprint density at radius 3 is 1.53 bits per heavy atom. The largest absolute Gasteiger partial charge is 0.480 e. The van der Waals surface area contributed by atoms with Gasteiger partial charge in [-0.25, -0.2) is 4.79 Å². The van der Waals surface area contributed by atoms with Crippen molar-refractivity contribution in [3.63, 3.8) is 0 Å². The van der Waals surface area contributed by atoms with Gasteiger partial charge >= 0.3 is 5.97 Å². The highest BCUT2D eigenvalue weighted by atomic mass is 16.4. The number of rotatable bonds is 19. The summed E-state index contributed by atoms with van der Waals surface area (Å²) in [6, 6.07) is -0.849. The highest BCUT2D eigenvalue weighted by molar-refractivity contribution is 5.84.